The quantitative estimate of drug-likeness (QED) is 0.712. The van der Waals surface area contributed by atoms with E-state index in [4.69, 9.17) is 23.2 Å². The summed E-state index contributed by atoms with van der Waals surface area (Å²) in [4.78, 5) is 11.2. The van der Waals surface area contributed by atoms with Crippen LogP contribution in [0.5, 0.6) is 0 Å². The predicted octanol–water partition coefficient (Wildman–Crippen LogP) is 5.18. The van der Waals surface area contributed by atoms with Gasteiger partial charge in [-0.2, -0.15) is 0 Å². The molecule has 1 nitrogen and oxygen atoms in total. The lowest BCUT2D eigenvalue weighted by Gasteiger charge is -2.12. The summed E-state index contributed by atoms with van der Waals surface area (Å²) < 4.78 is 0. The Bertz CT molecular complexity index is 620. The second kappa shape index (κ2) is 5.77. The van der Waals surface area contributed by atoms with Crippen molar-refractivity contribution in [2.24, 2.45) is 0 Å². The van der Waals surface area contributed by atoms with E-state index in [-0.39, 0.29) is 11.2 Å². The lowest BCUT2D eigenvalue weighted by atomic mass is 9.94. The van der Waals surface area contributed by atoms with Crippen molar-refractivity contribution in [3.8, 4) is 11.1 Å². The second-order valence-electron chi connectivity index (χ2n) is 4.58. The van der Waals surface area contributed by atoms with Crippen molar-refractivity contribution in [3.63, 3.8) is 0 Å². The molecular formula is C16H14Cl2O. The molecular weight excluding hydrogens is 279 g/mol. The summed E-state index contributed by atoms with van der Waals surface area (Å²) in [5.74, 6) is -0.291. The molecule has 0 bridgehead atoms. The lowest BCUT2D eigenvalue weighted by molar-refractivity contribution is -0.112. The molecule has 0 saturated carbocycles. The zero-order valence-corrected chi connectivity index (χ0v) is 12.3. The van der Waals surface area contributed by atoms with Gasteiger partial charge >= 0.3 is 0 Å². The van der Waals surface area contributed by atoms with Crippen LogP contribution in [0, 0.1) is 6.92 Å². The largest absolute Gasteiger partial charge is 0.281 e. The van der Waals surface area contributed by atoms with Crippen LogP contribution in [0.3, 0.4) is 0 Å². The maximum absolute atomic E-state index is 11.2. The average Bonchev–Trinajstić information content (AvgIpc) is 2.38. The van der Waals surface area contributed by atoms with Crippen LogP contribution in [-0.2, 0) is 4.79 Å². The van der Waals surface area contributed by atoms with Gasteiger partial charge in [0.15, 0.2) is 0 Å². The van der Waals surface area contributed by atoms with Gasteiger partial charge in [-0.15, -0.1) is 0 Å². The van der Waals surface area contributed by atoms with Crippen molar-refractivity contribution in [1.82, 2.24) is 0 Å². The van der Waals surface area contributed by atoms with Crippen LogP contribution in [0.1, 0.15) is 24.0 Å². The highest BCUT2D eigenvalue weighted by atomic mass is 35.5. The highest BCUT2D eigenvalue weighted by Gasteiger charge is 2.14. The summed E-state index contributed by atoms with van der Waals surface area (Å²) in [5.41, 5.74) is 4.07. The maximum Gasteiger partial charge on any atom is 0.228 e. The molecule has 3 heteroatoms. The van der Waals surface area contributed by atoms with Gasteiger partial charge < -0.3 is 0 Å². The van der Waals surface area contributed by atoms with E-state index < -0.39 is 0 Å². The van der Waals surface area contributed by atoms with Crippen molar-refractivity contribution in [2.75, 3.05) is 0 Å². The number of carbonyl (C=O) groups excluding carboxylic acids is 1. The van der Waals surface area contributed by atoms with E-state index in [0.29, 0.717) is 0 Å². The van der Waals surface area contributed by atoms with Crippen LogP contribution in [0.25, 0.3) is 11.1 Å². The van der Waals surface area contributed by atoms with Crippen molar-refractivity contribution < 1.29 is 4.79 Å². The van der Waals surface area contributed by atoms with Crippen LogP contribution in [0.2, 0.25) is 5.02 Å². The fourth-order valence-electron chi connectivity index (χ4n) is 2.07. The fraction of sp³-hybridized carbons (Fsp3) is 0.188. The molecule has 1 unspecified atom stereocenters. The first-order chi connectivity index (χ1) is 9.00. The van der Waals surface area contributed by atoms with E-state index in [0.717, 1.165) is 27.3 Å². The SMILES string of the molecule is Cc1cc(C(C)C(=O)Cl)ccc1-c1ccccc1Cl. The van der Waals surface area contributed by atoms with E-state index >= 15 is 0 Å². The van der Waals surface area contributed by atoms with Gasteiger partial charge in [-0.1, -0.05) is 54.9 Å². The highest BCUT2D eigenvalue weighted by Crippen LogP contribution is 2.32. The molecule has 0 aliphatic carbocycles. The molecule has 2 aromatic rings. The molecule has 1 atom stereocenters. The van der Waals surface area contributed by atoms with Crippen LogP contribution in [-0.4, -0.2) is 5.24 Å². The molecule has 0 aliphatic rings. The molecule has 0 aromatic heterocycles. The monoisotopic (exact) mass is 292 g/mol. The maximum atomic E-state index is 11.2. The van der Waals surface area contributed by atoms with Crippen LogP contribution >= 0.6 is 23.2 Å². The Morgan fingerprint density at radius 2 is 1.79 bits per heavy atom. The number of hydrogen-bond donors (Lipinski definition) is 0. The second-order valence-corrected chi connectivity index (χ2v) is 5.36. The number of carbonyl (C=O) groups is 1. The Morgan fingerprint density at radius 1 is 1.11 bits per heavy atom. The van der Waals surface area contributed by atoms with Crippen molar-refractivity contribution >= 4 is 28.4 Å². The minimum absolute atomic E-state index is 0.291. The Hall–Kier alpha value is -1.31. The molecule has 0 radical (unpaired) electrons. The first-order valence-electron chi connectivity index (χ1n) is 6.05. The van der Waals surface area contributed by atoms with Crippen molar-refractivity contribution in [2.45, 2.75) is 19.8 Å². The third-order valence-electron chi connectivity index (χ3n) is 3.25. The Kier molecular flexibility index (Phi) is 4.28. The molecule has 98 valence electrons. The molecule has 0 aliphatic heterocycles. The Morgan fingerprint density at radius 3 is 2.37 bits per heavy atom. The van der Waals surface area contributed by atoms with Gasteiger partial charge in [0.05, 0.1) is 5.92 Å². The third kappa shape index (κ3) is 2.99. The van der Waals surface area contributed by atoms with E-state index in [2.05, 4.69) is 0 Å². The third-order valence-corrected chi connectivity index (χ3v) is 3.91. The van der Waals surface area contributed by atoms with Gasteiger partial charge in [-0.3, -0.25) is 4.79 Å². The first kappa shape index (κ1) is 14.1. The van der Waals surface area contributed by atoms with Crippen molar-refractivity contribution in [3.05, 3.63) is 58.6 Å². The summed E-state index contributed by atoms with van der Waals surface area (Å²) in [7, 11) is 0. The summed E-state index contributed by atoms with van der Waals surface area (Å²) in [5, 5.41) is 0.379. The van der Waals surface area contributed by atoms with E-state index in [9.17, 15) is 4.79 Å². The number of rotatable bonds is 3. The van der Waals surface area contributed by atoms with Crippen LogP contribution in [0.15, 0.2) is 42.5 Å². The molecule has 0 fully saturated rings. The normalized spacial score (nSPS) is 12.2. The molecule has 0 spiro atoms. The topological polar surface area (TPSA) is 17.1 Å². The number of aryl methyl sites for hydroxylation is 1. The molecule has 2 rings (SSSR count). The van der Waals surface area contributed by atoms with E-state index in [1.807, 2.05) is 49.4 Å². The van der Waals surface area contributed by atoms with Crippen molar-refractivity contribution in [1.29, 1.82) is 0 Å². The smallest absolute Gasteiger partial charge is 0.228 e. The van der Waals surface area contributed by atoms with Gasteiger partial charge in [0.1, 0.15) is 0 Å². The zero-order valence-electron chi connectivity index (χ0n) is 10.8. The summed E-state index contributed by atoms with van der Waals surface area (Å²) in [6, 6.07) is 13.6. The van der Waals surface area contributed by atoms with Gasteiger partial charge in [0.2, 0.25) is 5.24 Å². The summed E-state index contributed by atoms with van der Waals surface area (Å²) >= 11 is 11.7. The van der Waals surface area contributed by atoms with Gasteiger partial charge in [-0.25, -0.2) is 0 Å². The average molecular weight is 293 g/mol. The Labute approximate surface area is 123 Å². The highest BCUT2D eigenvalue weighted by molar-refractivity contribution is 6.64. The fourth-order valence-corrected chi connectivity index (χ4v) is 2.43. The molecule has 0 amide bonds. The van der Waals surface area contributed by atoms with E-state index in [1.54, 1.807) is 6.92 Å². The molecule has 2 aromatic carbocycles. The minimum Gasteiger partial charge on any atom is -0.281 e. The van der Waals surface area contributed by atoms with Crippen LogP contribution in [0.4, 0.5) is 0 Å². The minimum atomic E-state index is -0.343. The van der Waals surface area contributed by atoms with Gasteiger partial charge in [0, 0.05) is 10.6 Å². The van der Waals surface area contributed by atoms with Gasteiger partial charge in [-0.05, 0) is 41.3 Å². The summed E-state index contributed by atoms with van der Waals surface area (Å²) in [6.07, 6.45) is 0. The Balaban J connectivity index is 2.46. The number of hydrogen-bond acceptors (Lipinski definition) is 1. The molecule has 19 heavy (non-hydrogen) atoms. The van der Waals surface area contributed by atoms with Crippen LogP contribution < -0.4 is 0 Å². The molecule has 0 heterocycles. The predicted molar refractivity (Wildman–Crippen MR) is 80.9 cm³/mol. The zero-order chi connectivity index (χ0) is 14.0. The molecule has 0 N–H and O–H groups in total. The lowest BCUT2D eigenvalue weighted by Crippen LogP contribution is -2.02. The first-order valence-corrected chi connectivity index (χ1v) is 6.81. The standard InChI is InChI=1S/C16H14Cl2O/c1-10-9-12(11(2)16(18)19)7-8-13(10)14-5-3-4-6-15(14)17/h3-9,11H,1-2H3. The number of halogens is 2. The van der Waals surface area contributed by atoms with E-state index in [1.165, 1.54) is 0 Å². The van der Waals surface area contributed by atoms with Gasteiger partial charge in [0.25, 0.3) is 0 Å². The summed E-state index contributed by atoms with van der Waals surface area (Å²) in [6.45, 7) is 3.81. The number of benzene rings is 2. The molecule has 0 saturated heterocycles.